The molecule has 0 unspecified atom stereocenters. The van der Waals surface area contributed by atoms with Crippen LogP contribution >= 0.6 is 11.6 Å². The molecule has 3 aromatic heterocycles. The van der Waals surface area contributed by atoms with E-state index in [1.807, 2.05) is 0 Å². The average molecular weight is 497 g/mol. The molecule has 0 radical (unpaired) electrons. The molecule has 14 heteroatoms. The van der Waals surface area contributed by atoms with E-state index in [9.17, 15) is 37.9 Å². The number of phenolic OH excluding ortho intramolecular Hbond substituents is 1. The van der Waals surface area contributed by atoms with Crippen molar-refractivity contribution >= 4 is 38.7 Å². The molecule has 0 spiro atoms. The Bertz CT molecular complexity index is 1560. The van der Waals surface area contributed by atoms with Gasteiger partial charge in [0.25, 0.3) is 10.1 Å². The fraction of sp³-hybridized carbons (Fsp3) is 0.0526. The van der Waals surface area contributed by atoms with Gasteiger partial charge in [0.1, 0.15) is 16.2 Å². The molecule has 12 nitrogen and oxygen atoms in total. The highest BCUT2D eigenvalue weighted by atomic mass is 35.5. The normalized spacial score (nSPS) is 11.7. The molecule has 1 aromatic carbocycles. The van der Waals surface area contributed by atoms with Gasteiger partial charge in [-0.3, -0.25) is 4.55 Å². The number of nitrogens with zero attached hydrogens (tertiary/aromatic N) is 1. The molecular weight excluding hydrogens is 484 g/mol. The van der Waals surface area contributed by atoms with Crippen molar-refractivity contribution in [2.75, 3.05) is 0 Å². The standard InChI is InChI=1S/C19H13ClN2O10S/c20-10-4-8-3-9(19(27)31-14(8)7-13(10)23)11-5-15(33(28,29)30)12(21-11)6-18(26)32-22-16(24)1-2-17(22)25/h1-5,7,21,23-25H,6H2,(H,28,29,30). The number of fused-ring (bicyclic) bond motifs is 1. The molecule has 5 N–H and O–H groups in total. The van der Waals surface area contributed by atoms with Gasteiger partial charge in [-0.15, -0.1) is 4.73 Å². The molecule has 0 bridgehead atoms. The van der Waals surface area contributed by atoms with Crippen molar-refractivity contribution in [1.29, 1.82) is 0 Å². The van der Waals surface area contributed by atoms with E-state index >= 15 is 0 Å². The van der Waals surface area contributed by atoms with Crippen LogP contribution in [0.15, 0.2) is 50.5 Å². The maximum atomic E-state index is 12.4. The molecule has 0 aliphatic rings. The number of halogens is 1. The Morgan fingerprint density at radius 1 is 1.12 bits per heavy atom. The smallest absolute Gasteiger partial charge is 0.345 e. The van der Waals surface area contributed by atoms with Gasteiger partial charge >= 0.3 is 11.6 Å². The molecule has 0 saturated carbocycles. The number of hydrogen-bond acceptors (Lipinski definition) is 9. The van der Waals surface area contributed by atoms with Crippen LogP contribution in [0.2, 0.25) is 5.02 Å². The van der Waals surface area contributed by atoms with E-state index in [4.69, 9.17) is 20.9 Å². The minimum absolute atomic E-state index is 0.0161. The fourth-order valence-electron chi connectivity index (χ4n) is 3.08. The first kappa shape index (κ1) is 22.3. The molecule has 0 aliphatic carbocycles. The topological polar surface area (TPSA) is 192 Å². The van der Waals surface area contributed by atoms with Crippen molar-refractivity contribution < 1.29 is 42.3 Å². The summed E-state index contributed by atoms with van der Waals surface area (Å²) in [5.74, 6) is -2.62. The lowest BCUT2D eigenvalue weighted by Gasteiger charge is -2.07. The maximum Gasteiger partial charge on any atom is 0.345 e. The number of nitrogens with one attached hydrogen (secondary N) is 1. The van der Waals surface area contributed by atoms with Gasteiger partial charge in [0.2, 0.25) is 11.8 Å². The van der Waals surface area contributed by atoms with E-state index in [0.717, 1.165) is 24.3 Å². The van der Waals surface area contributed by atoms with Crippen molar-refractivity contribution in [1.82, 2.24) is 9.71 Å². The van der Waals surface area contributed by atoms with Gasteiger partial charge < -0.3 is 29.6 Å². The van der Waals surface area contributed by atoms with Crippen molar-refractivity contribution in [3.63, 3.8) is 0 Å². The fourth-order valence-corrected chi connectivity index (χ4v) is 3.95. The van der Waals surface area contributed by atoms with E-state index in [1.165, 1.54) is 12.1 Å². The predicted octanol–water partition coefficient (Wildman–Crippen LogP) is 1.80. The van der Waals surface area contributed by atoms with E-state index in [1.54, 1.807) is 0 Å². The summed E-state index contributed by atoms with van der Waals surface area (Å²) in [6.07, 6.45) is -0.759. The van der Waals surface area contributed by atoms with Crippen LogP contribution in [0.1, 0.15) is 5.69 Å². The number of rotatable bonds is 5. The van der Waals surface area contributed by atoms with Crippen LogP contribution in [0.25, 0.3) is 22.2 Å². The molecule has 4 rings (SSSR count). The average Bonchev–Trinajstić information content (AvgIpc) is 3.27. The van der Waals surface area contributed by atoms with Crippen molar-refractivity contribution in [2.45, 2.75) is 11.3 Å². The second-order valence-electron chi connectivity index (χ2n) is 6.77. The zero-order valence-electron chi connectivity index (χ0n) is 16.1. The Hall–Kier alpha value is -3.94. The van der Waals surface area contributed by atoms with Gasteiger partial charge in [0, 0.05) is 29.3 Å². The third kappa shape index (κ3) is 4.24. The number of aromatic amines is 1. The quantitative estimate of drug-likeness (QED) is 0.201. The maximum absolute atomic E-state index is 12.4. The Labute approximate surface area is 188 Å². The predicted molar refractivity (Wildman–Crippen MR) is 112 cm³/mol. The number of carbonyl (C=O) groups excluding carboxylic acids is 1. The molecule has 172 valence electrons. The molecular formula is C19H13ClN2O10S. The number of aromatic nitrogens is 2. The highest BCUT2D eigenvalue weighted by molar-refractivity contribution is 7.85. The summed E-state index contributed by atoms with van der Waals surface area (Å²) < 4.78 is 38.8. The molecule has 0 amide bonds. The lowest BCUT2D eigenvalue weighted by molar-refractivity contribution is -0.144. The summed E-state index contributed by atoms with van der Waals surface area (Å²) in [5, 5.41) is 29.0. The van der Waals surface area contributed by atoms with Crippen molar-refractivity contribution in [2.24, 2.45) is 0 Å². The SMILES string of the molecule is O=C(Cc1[nH]c(-c2cc3cc(Cl)c(O)cc3oc2=O)cc1S(=O)(=O)O)On1c(O)ccc1O. The van der Waals surface area contributed by atoms with Crippen LogP contribution in [0, 0.1) is 0 Å². The first-order valence-corrected chi connectivity index (χ1v) is 10.7. The van der Waals surface area contributed by atoms with E-state index < -0.39 is 44.8 Å². The minimum atomic E-state index is -4.84. The molecule has 0 aliphatic heterocycles. The summed E-state index contributed by atoms with van der Waals surface area (Å²) >= 11 is 5.87. The zero-order valence-corrected chi connectivity index (χ0v) is 17.7. The Morgan fingerprint density at radius 2 is 1.79 bits per heavy atom. The second kappa shape index (κ2) is 7.88. The van der Waals surface area contributed by atoms with E-state index in [2.05, 4.69) is 4.98 Å². The van der Waals surface area contributed by atoms with Gasteiger partial charge in [-0.1, -0.05) is 11.6 Å². The Kier molecular flexibility index (Phi) is 5.32. The van der Waals surface area contributed by atoms with Gasteiger partial charge in [0.15, 0.2) is 0 Å². The second-order valence-corrected chi connectivity index (χ2v) is 8.57. The molecule has 0 fully saturated rings. The van der Waals surface area contributed by atoms with Crippen LogP contribution < -0.4 is 10.5 Å². The number of carbonyl (C=O) groups is 1. The highest BCUT2D eigenvalue weighted by Gasteiger charge is 2.25. The number of aromatic hydroxyl groups is 3. The summed E-state index contributed by atoms with van der Waals surface area (Å²) in [5.41, 5.74) is -1.51. The molecule has 4 aromatic rings. The number of hydrogen-bond donors (Lipinski definition) is 5. The summed E-state index contributed by atoms with van der Waals surface area (Å²) in [4.78, 5) is 31.3. The zero-order chi connectivity index (χ0) is 24.1. The van der Waals surface area contributed by atoms with Gasteiger partial charge in [0.05, 0.1) is 22.7 Å². The first-order valence-electron chi connectivity index (χ1n) is 8.91. The third-order valence-corrected chi connectivity index (χ3v) is 5.76. The molecule has 33 heavy (non-hydrogen) atoms. The third-order valence-electron chi connectivity index (χ3n) is 4.54. The first-order chi connectivity index (χ1) is 15.4. The van der Waals surface area contributed by atoms with Crippen molar-refractivity contribution in [3.05, 3.63) is 57.5 Å². The van der Waals surface area contributed by atoms with Gasteiger partial charge in [-0.05, 0) is 18.2 Å². The van der Waals surface area contributed by atoms with Crippen LogP contribution in [-0.2, 0) is 21.3 Å². The van der Waals surface area contributed by atoms with Crippen LogP contribution in [0.4, 0.5) is 0 Å². The van der Waals surface area contributed by atoms with Crippen LogP contribution in [-0.4, -0.2) is 44.0 Å². The molecule has 0 saturated heterocycles. The van der Waals surface area contributed by atoms with Crippen LogP contribution in [0.5, 0.6) is 17.5 Å². The van der Waals surface area contributed by atoms with Crippen LogP contribution in [0.3, 0.4) is 0 Å². The Balaban J connectivity index is 1.76. The number of benzene rings is 1. The lowest BCUT2D eigenvalue weighted by atomic mass is 10.1. The lowest BCUT2D eigenvalue weighted by Crippen LogP contribution is -2.21. The molecule has 0 atom stereocenters. The number of H-pyrrole nitrogens is 1. The monoisotopic (exact) mass is 496 g/mol. The number of phenols is 1. The largest absolute Gasteiger partial charge is 0.506 e. The Morgan fingerprint density at radius 3 is 2.42 bits per heavy atom. The minimum Gasteiger partial charge on any atom is -0.506 e. The summed E-state index contributed by atoms with van der Waals surface area (Å²) in [7, 11) is -4.84. The molecule has 3 heterocycles. The van der Waals surface area contributed by atoms with Crippen molar-refractivity contribution in [3.8, 4) is 28.8 Å². The summed E-state index contributed by atoms with van der Waals surface area (Å²) in [6.45, 7) is 0. The van der Waals surface area contributed by atoms with Gasteiger partial charge in [-0.25, -0.2) is 9.59 Å². The van der Waals surface area contributed by atoms with Gasteiger partial charge in [-0.2, -0.15) is 8.42 Å². The summed E-state index contributed by atoms with van der Waals surface area (Å²) in [6, 6.07) is 6.77. The van der Waals surface area contributed by atoms with E-state index in [0.29, 0.717) is 10.1 Å². The highest BCUT2D eigenvalue weighted by Crippen LogP contribution is 2.31. The van der Waals surface area contributed by atoms with E-state index in [-0.39, 0.29) is 33.3 Å².